The molecule has 0 aliphatic heterocycles. The van der Waals surface area contributed by atoms with Crippen molar-refractivity contribution in [3.8, 4) is 0 Å². The predicted octanol–water partition coefficient (Wildman–Crippen LogP) is 1.38. The van der Waals surface area contributed by atoms with E-state index in [1.165, 1.54) is 0 Å². The molecule has 0 spiro atoms. The highest BCUT2D eigenvalue weighted by molar-refractivity contribution is 5.74. The first-order valence-electron chi connectivity index (χ1n) is 6.52. The fourth-order valence-corrected chi connectivity index (χ4v) is 1.41. The standard InChI is InChI=1S/C13H24N2O4/c1-3-5-7-19-8-6-14-13(18)15-10-11(4-2)9-12(16)17/h3,11H,1,4-10H2,2H3,(H,16,17)(H2,14,15,18). The average Bonchev–Trinajstić information content (AvgIpc) is 2.38. The van der Waals surface area contributed by atoms with Crippen molar-refractivity contribution >= 4 is 12.0 Å². The molecule has 0 bridgehead atoms. The van der Waals surface area contributed by atoms with Crippen molar-refractivity contribution < 1.29 is 19.4 Å². The van der Waals surface area contributed by atoms with Crippen molar-refractivity contribution in [2.75, 3.05) is 26.3 Å². The van der Waals surface area contributed by atoms with Gasteiger partial charge in [-0.2, -0.15) is 0 Å². The zero-order chi connectivity index (χ0) is 14.5. The highest BCUT2D eigenvalue weighted by Crippen LogP contribution is 2.06. The lowest BCUT2D eigenvalue weighted by atomic mass is 10.0. The van der Waals surface area contributed by atoms with Crippen LogP contribution in [0.3, 0.4) is 0 Å². The molecule has 3 N–H and O–H groups in total. The van der Waals surface area contributed by atoms with Crippen molar-refractivity contribution in [1.82, 2.24) is 10.6 Å². The Morgan fingerprint density at radius 3 is 2.68 bits per heavy atom. The van der Waals surface area contributed by atoms with Gasteiger partial charge in [-0.3, -0.25) is 4.79 Å². The maximum atomic E-state index is 11.4. The van der Waals surface area contributed by atoms with E-state index in [1.54, 1.807) is 6.08 Å². The first kappa shape index (κ1) is 17.4. The predicted molar refractivity (Wildman–Crippen MR) is 73.1 cm³/mol. The molecule has 0 saturated carbocycles. The molecule has 6 heteroatoms. The fraction of sp³-hybridized carbons (Fsp3) is 0.692. The van der Waals surface area contributed by atoms with Crippen molar-refractivity contribution in [2.45, 2.75) is 26.2 Å². The fourth-order valence-electron chi connectivity index (χ4n) is 1.41. The van der Waals surface area contributed by atoms with Gasteiger partial charge in [-0.15, -0.1) is 6.58 Å². The molecule has 6 nitrogen and oxygen atoms in total. The van der Waals surface area contributed by atoms with Gasteiger partial charge in [0.25, 0.3) is 0 Å². The lowest BCUT2D eigenvalue weighted by Gasteiger charge is -2.14. The van der Waals surface area contributed by atoms with E-state index in [4.69, 9.17) is 9.84 Å². The lowest BCUT2D eigenvalue weighted by molar-refractivity contribution is -0.138. The summed E-state index contributed by atoms with van der Waals surface area (Å²) in [5, 5.41) is 14.0. The summed E-state index contributed by atoms with van der Waals surface area (Å²) in [4.78, 5) is 22.0. The van der Waals surface area contributed by atoms with E-state index in [-0.39, 0.29) is 18.4 Å². The second kappa shape index (κ2) is 11.5. The summed E-state index contributed by atoms with van der Waals surface area (Å²) in [5.74, 6) is -0.878. The van der Waals surface area contributed by atoms with E-state index in [9.17, 15) is 9.59 Å². The maximum Gasteiger partial charge on any atom is 0.314 e. The summed E-state index contributed by atoms with van der Waals surface area (Å²) in [7, 11) is 0. The highest BCUT2D eigenvalue weighted by Gasteiger charge is 2.12. The third-order valence-electron chi connectivity index (χ3n) is 2.59. The van der Waals surface area contributed by atoms with Gasteiger partial charge in [0.1, 0.15) is 0 Å². The number of hydrogen-bond acceptors (Lipinski definition) is 3. The minimum atomic E-state index is -0.843. The molecule has 1 unspecified atom stereocenters. The Bertz CT molecular complexity index is 282. The van der Waals surface area contributed by atoms with Gasteiger partial charge in [-0.1, -0.05) is 19.4 Å². The molecule has 0 aromatic carbocycles. The van der Waals surface area contributed by atoms with Crippen LogP contribution in [0.5, 0.6) is 0 Å². The van der Waals surface area contributed by atoms with E-state index >= 15 is 0 Å². The Morgan fingerprint density at radius 2 is 2.11 bits per heavy atom. The number of nitrogens with one attached hydrogen (secondary N) is 2. The third-order valence-corrected chi connectivity index (χ3v) is 2.59. The van der Waals surface area contributed by atoms with Crippen LogP contribution in [0.15, 0.2) is 12.7 Å². The first-order chi connectivity index (χ1) is 9.10. The highest BCUT2D eigenvalue weighted by atomic mass is 16.5. The number of carboxylic acid groups (broad SMARTS) is 1. The lowest BCUT2D eigenvalue weighted by Crippen LogP contribution is -2.40. The van der Waals surface area contributed by atoms with Gasteiger partial charge >= 0.3 is 12.0 Å². The van der Waals surface area contributed by atoms with Crippen LogP contribution >= 0.6 is 0 Å². The van der Waals surface area contributed by atoms with Crippen molar-refractivity contribution in [3.05, 3.63) is 12.7 Å². The van der Waals surface area contributed by atoms with Crippen molar-refractivity contribution in [2.24, 2.45) is 5.92 Å². The molecule has 1 atom stereocenters. The van der Waals surface area contributed by atoms with Gasteiger partial charge in [0, 0.05) is 19.5 Å². The molecular formula is C13H24N2O4. The molecular weight excluding hydrogens is 248 g/mol. The second-order valence-corrected chi connectivity index (χ2v) is 4.20. The van der Waals surface area contributed by atoms with Gasteiger partial charge < -0.3 is 20.5 Å². The zero-order valence-electron chi connectivity index (χ0n) is 11.5. The minimum absolute atomic E-state index is 0.0351. The molecule has 0 aromatic heterocycles. The van der Waals surface area contributed by atoms with Crippen LogP contribution in [-0.4, -0.2) is 43.4 Å². The molecule has 2 amide bonds. The quantitative estimate of drug-likeness (QED) is 0.391. The number of aliphatic carboxylic acids is 1. The van der Waals surface area contributed by atoms with E-state index in [0.717, 1.165) is 12.8 Å². The molecule has 19 heavy (non-hydrogen) atoms. The summed E-state index contributed by atoms with van der Waals surface area (Å²) >= 11 is 0. The van der Waals surface area contributed by atoms with Crippen LogP contribution in [-0.2, 0) is 9.53 Å². The van der Waals surface area contributed by atoms with Crippen LogP contribution in [0.1, 0.15) is 26.2 Å². The first-order valence-corrected chi connectivity index (χ1v) is 6.52. The Hall–Kier alpha value is -1.56. The number of ether oxygens (including phenoxy) is 1. The Morgan fingerprint density at radius 1 is 1.37 bits per heavy atom. The van der Waals surface area contributed by atoms with Crippen molar-refractivity contribution in [3.63, 3.8) is 0 Å². The van der Waals surface area contributed by atoms with Crippen molar-refractivity contribution in [1.29, 1.82) is 0 Å². The largest absolute Gasteiger partial charge is 0.481 e. The minimum Gasteiger partial charge on any atom is -0.481 e. The van der Waals surface area contributed by atoms with Crippen LogP contribution in [0.2, 0.25) is 0 Å². The van der Waals surface area contributed by atoms with E-state index in [0.29, 0.717) is 26.3 Å². The normalized spacial score (nSPS) is 11.6. The monoisotopic (exact) mass is 272 g/mol. The number of amides is 2. The van der Waals surface area contributed by atoms with Crippen LogP contribution in [0, 0.1) is 5.92 Å². The number of carbonyl (C=O) groups excluding carboxylic acids is 1. The van der Waals surface area contributed by atoms with Crippen LogP contribution in [0.25, 0.3) is 0 Å². The molecule has 110 valence electrons. The zero-order valence-corrected chi connectivity index (χ0v) is 11.5. The summed E-state index contributed by atoms with van der Waals surface area (Å²) in [6.07, 6.45) is 3.35. The number of hydrogen-bond donors (Lipinski definition) is 3. The number of rotatable bonds is 11. The van der Waals surface area contributed by atoms with E-state index < -0.39 is 5.97 Å². The van der Waals surface area contributed by atoms with Crippen LogP contribution in [0.4, 0.5) is 4.79 Å². The molecule has 0 aliphatic carbocycles. The van der Waals surface area contributed by atoms with Crippen LogP contribution < -0.4 is 10.6 Å². The van der Waals surface area contributed by atoms with Gasteiger partial charge in [0.05, 0.1) is 13.2 Å². The van der Waals surface area contributed by atoms with Gasteiger partial charge in [-0.05, 0) is 12.3 Å². The second-order valence-electron chi connectivity index (χ2n) is 4.20. The Kier molecular flexibility index (Phi) is 10.6. The van der Waals surface area contributed by atoms with E-state index in [2.05, 4.69) is 17.2 Å². The summed E-state index contributed by atoms with van der Waals surface area (Å²) < 4.78 is 5.23. The maximum absolute atomic E-state index is 11.4. The number of urea groups is 1. The summed E-state index contributed by atoms with van der Waals surface area (Å²) in [5.41, 5.74) is 0. The topological polar surface area (TPSA) is 87.7 Å². The van der Waals surface area contributed by atoms with Gasteiger partial charge in [0.15, 0.2) is 0 Å². The Labute approximate surface area is 114 Å². The SMILES string of the molecule is C=CCCOCCNC(=O)NCC(CC)CC(=O)O. The molecule has 0 aliphatic rings. The summed E-state index contributed by atoms with van der Waals surface area (Å²) in [6.45, 7) is 7.33. The molecule has 0 aromatic rings. The smallest absolute Gasteiger partial charge is 0.314 e. The van der Waals surface area contributed by atoms with Gasteiger partial charge in [-0.25, -0.2) is 4.79 Å². The summed E-state index contributed by atoms with van der Waals surface area (Å²) in [6, 6.07) is -0.295. The number of carbonyl (C=O) groups is 2. The number of carboxylic acids is 1. The third kappa shape index (κ3) is 11.3. The van der Waals surface area contributed by atoms with Gasteiger partial charge in [0.2, 0.25) is 0 Å². The van der Waals surface area contributed by atoms with E-state index in [1.807, 2.05) is 6.92 Å². The molecule has 0 heterocycles. The average molecular weight is 272 g/mol. The molecule has 0 saturated heterocycles. The molecule has 0 rings (SSSR count). The Balaban J connectivity index is 3.57. The molecule has 0 fully saturated rings. The molecule has 0 radical (unpaired) electrons.